The Bertz CT molecular complexity index is 778. The first-order valence-electron chi connectivity index (χ1n) is 7.74. The first kappa shape index (κ1) is 15.2. The lowest BCUT2D eigenvalue weighted by Crippen LogP contribution is -2.31. The Morgan fingerprint density at radius 3 is 2.95 bits per heavy atom. The van der Waals surface area contributed by atoms with Crippen LogP contribution in [-0.4, -0.2) is 21.6 Å². The number of carbonyl (C=O) groups is 1. The maximum absolute atomic E-state index is 12.8. The number of hydrogen-bond donors (Lipinski definition) is 0. The minimum Gasteiger partial charge on any atom is -0.461 e. The van der Waals surface area contributed by atoms with Gasteiger partial charge in [0.05, 0.1) is 17.8 Å². The summed E-state index contributed by atoms with van der Waals surface area (Å²) in [5, 5.41) is 0.697. The van der Waals surface area contributed by atoms with Crippen molar-refractivity contribution >= 4 is 27.5 Å². The molecule has 2 atom stereocenters. The van der Waals surface area contributed by atoms with E-state index in [0.29, 0.717) is 5.39 Å². The van der Waals surface area contributed by atoms with Crippen molar-refractivity contribution in [2.45, 2.75) is 58.6 Å². The van der Waals surface area contributed by atoms with E-state index in [2.05, 4.69) is 4.98 Å². The van der Waals surface area contributed by atoms with Gasteiger partial charge in [-0.05, 0) is 45.1 Å². The number of nitrogens with zero attached hydrogens (tertiary/aromatic N) is 2. The Balaban J connectivity index is 1.99. The standard InChI is InChI=1S/C16H20N2O3S/c1-4-9(2)21-16(20)10(3)18-8-17-14-13(15(18)19)11-6-5-7-12(11)22-14/h8-10H,4-7H2,1-3H3. The van der Waals surface area contributed by atoms with Crippen LogP contribution in [-0.2, 0) is 22.4 Å². The molecule has 0 aliphatic heterocycles. The van der Waals surface area contributed by atoms with Gasteiger partial charge in [0.2, 0.25) is 0 Å². The highest BCUT2D eigenvalue weighted by atomic mass is 32.1. The Kier molecular flexibility index (Phi) is 4.04. The summed E-state index contributed by atoms with van der Waals surface area (Å²) in [6.45, 7) is 5.49. The molecule has 2 aromatic heterocycles. The molecule has 2 aromatic rings. The lowest BCUT2D eigenvalue weighted by molar-refractivity contribution is -0.152. The van der Waals surface area contributed by atoms with Crippen LogP contribution in [0.3, 0.4) is 0 Å². The third-order valence-corrected chi connectivity index (χ3v) is 5.50. The second-order valence-electron chi connectivity index (χ2n) is 5.83. The van der Waals surface area contributed by atoms with Crippen LogP contribution >= 0.6 is 11.3 Å². The monoisotopic (exact) mass is 320 g/mol. The average Bonchev–Trinajstić information content (AvgIpc) is 3.07. The number of esters is 1. The zero-order valence-corrected chi connectivity index (χ0v) is 13.9. The lowest BCUT2D eigenvalue weighted by Gasteiger charge is -2.17. The van der Waals surface area contributed by atoms with Crippen LogP contribution in [0.4, 0.5) is 0 Å². The summed E-state index contributed by atoms with van der Waals surface area (Å²) in [4.78, 5) is 31.4. The third-order valence-electron chi connectivity index (χ3n) is 4.30. The van der Waals surface area contributed by atoms with Crippen LogP contribution in [0.5, 0.6) is 0 Å². The maximum atomic E-state index is 12.8. The van der Waals surface area contributed by atoms with E-state index < -0.39 is 6.04 Å². The fourth-order valence-electron chi connectivity index (χ4n) is 2.77. The molecule has 6 heteroatoms. The molecule has 22 heavy (non-hydrogen) atoms. The highest BCUT2D eigenvalue weighted by molar-refractivity contribution is 7.18. The molecule has 0 saturated carbocycles. The topological polar surface area (TPSA) is 61.2 Å². The van der Waals surface area contributed by atoms with Crippen molar-refractivity contribution in [3.63, 3.8) is 0 Å². The van der Waals surface area contributed by atoms with Crippen molar-refractivity contribution in [2.75, 3.05) is 0 Å². The van der Waals surface area contributed by atoms with Crippen molar-refractivity contribution in [3.8, 4) is 0 Å². The molecule has 3 rings (SSSR count). The number of rotatable bonds is 4. The maximum Gasteiger partial charge on any atom is 0.329 e. The Morgan fingerprint density at radius 2 is 2.23 bits per heavy atom. The van der Waals surface area contributed by atoms with Crippen LogP contribution in [0.15, 0.2) is 11.1 Å². The molecule has 1 aliphatic carbocycles. The van der Waals surface area contributed by atoms with Gasteiger partial charge in [0.1, 0.15) is 10.9 Å². The van der Waals surface area contributed by atoms with E-state index in [9.17, 15) is 9.59 Å². The van der Waals surface area contributed by atoms with Gasteiger partial charge in [0.25, 0.3) is 5.56 Å². The number of hydrogen-bond acceptors (Lipinski definition) is 5. The van der Waals surface area contributed by atoms with E-state index in [0.717, 1.165) is 36.1 Å². The summed E-state index contributed by atoms with van der Waals surface area (Å²) < 4.78 is 6.73. The van der Waals surface area contributed by atoms with Gasteiger partial charge in [0, 0.05) is 4.88 Å². The summed E-state index contributed by atoms with van der Waals surface area (Å²) in [7, 11) is 0. The molecule has 0 radical (unpaired) electrons. The highest BCUT2D eigenvalue weighted by Gasteiger charge is 2.25. The van der Waals surface area contributed by atoms with Crippen LogP contribution in [0.2, 0.25) is 0 Å². The van der Waals surface area contributed by atoms with Gasteiger partial charge in [-0.25, -0.2) is 9.78 Å². The van der Waals surface area contributed by atoms with Gasteiger partial charge >= 0.3 is 5.97 Å². The molecule has 0 saturated heterocycles. The zero-order valence-electron chi connectivity index (χ0n) is 13.1. The summed E-state index contributed by atoms with van der Waals surface area (Å²) in [5.41, 5.74) is 1.01. The van der Waals surface area contributed by atoms with Crippen LogP contribution in [0.1, 0.15) is 50.1 Å². The van der Waals surface area contributed by atoms with E-state index in [1.807, 2.05) is 13.8 Å². The summed E-state index contributed by atoms with van der Waals surface area (Å²) >= 11 is 1.60. The number of fused-ring (bicyclic) bond motifs is 3. The Hall–Kier alpha value is -1.69. The van der Waals surface area contributed by atoms with Crippen molar-refractivity contribution in [1.82, 2.24) is 9.55 Å². The smallest absolute Gasteiger partial charge is 0.329 e. The van der Waals surface area contributed by atoms with E-state index in [1.165, 1.54) is 15.8 Å². The van der Waals surface area contributed by atoms with Gasteiger partial charge in [-0.2, -0.15) is 0 Å². The molecule has 0 amide bonds. The normalized spacial score (nSPS) is 16.5. The van der Waals surface area contributed by atoms with E-state index >= 15 is 0 Å². The summed E-state index contributed by atoms with van der Waals surface area (Å²) in [6, 6.07) is -0.657. The molecule has 5 nitrogen and oxygen atoms in total. The SMILES string of the molecule is CCC(C)OC(=O)C(C)n1cnc2sc3c(c2c1=O)CCC3. The molecule has 0 N–H and O–H groups in total. The van der Waals surface area contributed by atoms with Crippen LogP contribution in [0, 0.1) is 0 Å². The number of carbonyl (C=O) groups excluding carboxylic acids is 1. The quantitative estimate of drug-likeness (QED) is 0.813. The van der Waals surface area contributed by atoms with E-state index in [1.54, 1.807) is 18.3 Å². The van der Waals surface area contributed by atoms with Gasteiger partial charge in [-0.15, -0.1) is 11.3 Å². The number of ether oxygens (including phenoxy) is 1. The van der Waals surface area contributed by atoms with Crippen molar-refractivity contribution in [3.05, 3.63) is 27.1 Å². The molecule has 118 valence electrons. The fraction of sp³-hybridized carbons (Fsp3) is 0.562. The minimum atomic E-state index is -0.657. The van der Waals surface area contributed by atoms with Crippen molar-refractivity contribution in [2.24, 2.45) is 0 Å². The van der Waals surface area contributed by atoms with Gasteiger partial charge in [0.15, 0.2) is 0 Å². The molecule has 1 aliphatic rings. The Labute approximate surface area is 132 Å². The molecule has 2 heterocycles. The predicted molar refractivity (Wildman–Crippen MR) is 86.5 cm³/mol. The highest BCUT2D eigenvalue weighted by Crippen LogP contribution is 2.34. The minimum absolute atomic E-state index is 0.127. The molecular formula is C16H20N2O3S. The molecule has 0 spiro atoms. The average molecular weight is 320 g/mol. The number of thiophene rings is 1. The van der Waals surface area contributed by atoms with E-state index in [4.69, 9.17) is 4.74 Å². The first-order chi connectivity index (χ1) is 10.5. The van der Waals surface area contributed by atoms with Crippen LogP contribution in [0.25, 0.3) is 10.2 Å². The number of aromatic nitrogens is 2. The zero-order chi connectivity index (χ0) is 15.9. The molecule has 0 bridgehead atoms. The molecule has 2 unspecified atom stereocenters. The van der Waals surface area contributed by atoms with Crippen LogP contribution < -0.4 is 5.56 Å². The number of aryl methyl sites for hydroxylation is 2. The van der Waals surface area contributed by atoms with Crippen molar-refractivity contribution in [1.29, 1.82) is 0 Å². The summed E-state index contributed by atoms with van der Waals surface area (Å²) in [5.74, 6) is -0.385. The van der Waals surface area contributed by atoms with Gasteiger partial charge in [-0.1, -0.05) is 6.92 Å². The first-order valence-corrected chi connectivity index (χ1v) is 8.56. The second-order valence-corrected chi connectivity index (χ2v) is 6.91. The van der Waals surface area contributed by atoms with Gasteiger partial charge in [-0.3, -0.25) is 9.36 Å². The third kappa shape index (κ3) is 2.45. The molecule has 0 fully saturated rings. The second kappa shape index (κ2) is 5.83. The predicted octanol–water partition coefficient (Wildman–Crippen LogP) is 2.85. The largest absolute Gasteiger partial charge is 0.461 e. The van der Waals surface area contributed by atoms with Crippen molar-refractivity contribution < 1.29 is 9.53 Å². The lowest BCUT2D eigenvalue weighted by atomic mass is 10.2. The van der Waals surface area contributed by atoms with E-state index in [-0.39, 0.29) is 17.6 Å². The molecule has 0 aromatic carbocycles. The fourth-order valence-corrected chi connectivity index (χ4v) is 3.99. The van der Waals surface area contributed by atoms with Gasteiger partial charge < -0.3 is 4.74 Å². The summed E-state index contributed by atoms with van der Waals surface area (Å²) in [6.07, 6.45) is 5.13. The molecular weight excluding hydrogens is 300 g/mol. The Morgan fingerprint density at radius 1 is 1.45 bits per heavy atom.